The van der Waals surface area contributed by atoms with E-state index >= 15 is 0 Å². The van der Waals surface area contributed by atoms with E-state index in [4.69, 9.17) is 4.74 Å². The van der Waals surface area contributed by atoms with Crippen LogP contribution in [0.3, 0.4) is 0 Å². The van der Waals surface area contributed by atoms with Crippen molar-refractivity contribution < 1.29 is 14.6 Å². The van der Waals surface area contributed by atoms with E-state index in [1.807, 2.05) is 43.7 Å². The molecule has 1 aromatic carbocycles. The topological polar surface area (TPSA) is 49.8 Å². The van der Waals surface area contributed by atoms with Crippen LogP contribution in [0.4, 0.5) is 5.69 Å². The van der Waals surface area contributed by atoms with Gasteiger partial charge in [0.05, 0.1) is 18.6 Å². The highest BCUT2D eigenvalue weighted by Crippen LogP contribution is 2.45. The minimum absolute atomic E-state index is 0.206. The van der Waals surface area contributed by atoms with Gasteiger partial charge in [0.15, 0.2) is 5.60 Å². The number of methoxy groups -OCH3 is 1. The zero-order valence-corrected chi connectivity index (χ0v) is 16.8. The van der Waals surface area contributed by atoms with E-state index in [0.717, 1.165) is 41.0 Å². The number of carbonyl (C=O) groups excluding carboxylic acids is 1. The zero-order valence-electron chi connectivity index (χ0n) is 16.8. The largest absolute Gasteiger partial charge is 0.501 e. The van der Waals surface area contributed by atoms with Crippen molar-refractivity contribution in [3.63, 3.8) is 0 Å². The van der Waals surface area contributed by atoms with Gasteiger partial charge < -0.3 is 14.7 Å². The van der Waals surface area contributed by atoms with Gasteiger partial charge in [0.2, 0.25) is 0 Å². The maximum atomic E-state index is 13.3. The molecular formula is C23H30NO3. The smallest absolute Gasteiger partial charge is 0.264 e. The third kappa shape index (κ3) is 3.96. The Bertz CT molecular complexity index is 778. The molecule has 145 valence electrons. The molecule has 0 fully saturated rings. The van der Waals surface area contributed by atoms with Crippen LogP contribution in [0.15, 0.2) is 41.7 Å². The molecule has 1 heterocycles. The van der Waals surface area contributed by atoms with Gasteiger partial charge >= 0.3 is 0 Å². The summed E-state index contributed by atoms with van der Waals surface area (Å²) in [7, 11) is 1.65. The molecule has 1 unspecified atom stereocenters. The van der Waals surface area contributed by atoms with Gasteiger partial charge in [-0.05, 0) is 44.2 Å². The number of hydrogen-bond donors (Lipinski definition) is 1. The van der Waals surface area contributed by atoms with Gasteiger partial charge in [0.25, 0.3) is 5.91 Å². The highest BCUT2D eigenvalue weighted by atomic mass is 16.5. The molecule has 0 saturated heterocycles. The first-order valence-corrected chi connectivity index (χ1v) is 9.77. The number of ether oxygens (including phenoxy) is 1. The molecule has 1 aliphatic carbocycles. The maximum absolute atomic E-state index is 13.3. The fourth-order valence-electron chi connectivity index (χ4n) is 3.86. The zero-order chi connectivity index (χ0) is 19.6. The van der Waals surface area contributed by atoms with Crippen LogP contribution in [0.5, 0.6) is 0 Å². The molecule has 1 atom stereocenters. The summed E-state index contributed by atoms with van der Waals surface area (Å²) in [6.45, 7) is 7.01. The standard InChI is InChI=1S/C23H30NO3/c1-16(2)6-5-13-24-21-12-7-17(3)14-20(21)23(26,22(24)25)15-18-8-10-19(27-4)11-9-18/h7-10,12,14,16,26H,5-6,11,13,15H2,1-4H3. The van der Waals surface area contributed by atoms with Crippen molar-refractivity contribution in [1.82, 2.24) is 0 Å². The number of hydrogen-bond acceptors (Lipinski definition) is 3. The summed E-state index contributed by atoms with van der Waals surface area (Å²) in [6, 6.07) is 5.93. The third-order valence-corrected chi connectivity index (χ3v) is 5.42. The number of amides is 1. The van der Waals surface area contributed by atoms with Crippen LogP contribution in [0.2, 0.25) is 0 Å². The predicted octanol–water partition coefficient (Wildman–Crippen LogP) is 4.42. The van der Waals surface area contributed by atoms with E-state index < -0.39 is 5.60 Å². The fourth-order valence-corrected chi connectivity index (χ4v) is 3.86. The summed E-state index contributed by atoms with van der Waals surface area (Å²) in [4.78, 5) is 15.0. The van der Waals surface area contributed by atoms with Gasteiger partial charge in [-0.15, -0.1) is 0 Å². The van der Waals surface area contributed by atoms with E-state index in [2.05, 4.69) is 13.8 Å². The van der Waals surface area contributed by atoms with E-state index in [-0.39, 0.29) is 12.3 Å². The van der Waals surface area contributed by atoms with Crippen LogP contribution in [-0.2, 0) is 15.1 Å². The molecule has 4 heteroatoms. The number of aryl methyl sites for hydroxylation is 1. The van der Waals surface area contributed by atoms with Crippen molar-refractivity contribution in [3.8, 4) is 0 Å². The van der Waals surface area contributed by atoms with Gasteiger partial charge in [-0.25, -0.2) is 0 Å². The van der Waals surface area contributed by atoms with E-state index in [1.54, 1.807) is 12.0 Å². The molecule has 1 N–H and O–H groups in total. The molecule has 3 rings (SSSR count). The molecule has 2 aliphatic rings. The molecule has 4 nitrogen and oxygen atoms in total. The highest BCUT2D eigenvalue weighted by Gasteiger charge is 2.49. The number of carbonyl (C=O) groups is 1. The van der Waals surface area contributed by atoms with Crippen molar-refractivity contribution in [2.75, 3.05) is 18.6 Å². The first-order valence-electron chi connectivity index (χ1n) is 9.77. The SMILES string of the molecule is COC1=CC=C(CC2(O)C(=O)N(CCCC(C)C)c3ccc(C)cc32)[CH]C1. The maximum Gasteiger partial charge on any atom is 0.264 e. The minimum atomic E-state index is -1.50. The summed E-state index contributed by atoms with van der Waals surface area (Å²) >= 11 is 0. The van der Waals surface area contributed by atoms with Crippen LogP contribution in [0.1, 0.15) is 50.7 Å². The minimum Gasteiger partial charge on any atom is -0.501 e. The number of rotatable bonds is 7. The van der Waals surface area contributed by atoms with Crippen LogP contribution in [0, 0.1) is 19.3 Å². The van der Waals surface area contributed by atoms with Crippen LogP contribution in [0.25, 0.3) is 0 Å². The number of allylic oxidation sites excluding steroid dienone is 3. The molecule has 27 heavy (non-hydrogen) atoms. The molecule has 1 aliphatic heterocycles. The Morgan fingerprint density at radius 2 is 2.07 bits per heavy atom. The summed E-state index contributed by atoms with van der Waals surface area (Å²) < 4.78 is 5.26. The number of aliphatic hydroxyl groups is 1. The van der Waals surface area contributed by atoms with Gasteiger partial charge in [-0.1, -0.05) is 43.2 Å². The Kier molecular flexibility index (Phi) is 5.75. The normalized spacial score (nSPS) is 22.0. The predicted molar refractivity (Wildman–Crippen MR) is 108 cm³/mol. The number of fused-ring (bicyclic) bond motifs is 1. The Balaban J connectivity index is 1.88. The highest BCUT2D eigenvalue weighted by molar-refractivity contribution is 6.07. The monoisotopic (exact) mass is 368 g/mol. The lowest BCUT2D eigenvalue weighted by Gasteiger charge is -2.25. The number of anilines is 1. The van der Waals surface area contributed by atoms with E-state index in [9.17, 15) is 9.90 Å². The van der Waals surface area contributed by atoms with Crippen molar-refractivity contribution in [1.29, 1.82) is 0 Å². The Labute approximate surface area is 162 Å². The summed E-state index contributed by atoms with van der Waals surface area (Å²) in [5.41, 5.74) is 2.09. The van der Waals surface area contributed by atoms with Gasteiger partial charge in [0.1, 0.15) is 0 Å². The van der Waals surface area contributed by atoms with E-state index in [1.165, 1.54) is 0 Å². The first-order chi connectivity index (χ1) is 12.8. The number of nitrogens with zero attached hydrogens (tertiary/aromatic N) is 1. The van der Waals surface area contributed by atoms with Gasteiger partial charge in [-0.2, -0.15) is 0 Å². The van der Waals surface area contributed by atoms with Crippen LogP contribution in [-0.4, -0.2) is 24.7 Å². The Morgan fingerprint density at radius 1 is 1.30 bits per heavy atom. The van der Waals surface area contributed by atoms with Gasteiger partial charge in [-0.3, -0.25) is 4.79 Å². The Hall–Kier alpha value is -2.07. The summed E-state index contributed by atoms with van der Waals surface area (Å²) in [5.74, 6) is 1.28. The van der Waals surface area contributed by atoms with Crippen molar-refractivity contribution >= 4 is 11.6 Å². The lowest BCUT2D eigenvalue weighted by Crippen LogP contribution is -2.41. The second-order valence-electron chi connectivity index (χ2n) is 8.04. The second-order valence-corrected chi connectivity index (χ2v) is 8.04. The second kappa shape index (κ2) is 7.89. The molecule has 1 aromatic rings. The summed E-state index contributed by atoms with van der Waals surface area (Å²) in [6.07, 6.45) is 8.84. The van der Waals surface area contributed by atoms with Crippen molar-refractivity contribution in [3.05, 3.63) is 59.2 Å². The molecular weight excluding hydrogens is 338 g/mol. The van der Waals surface area contributed by atoms with E-state index in [0.29, 0.717) is 18.9 Å². The van der Waals surface area contributed by atoms with Crippen molar-refractivity contribution in [2.45, 2.75) is 52.1 Å². The fraction of sp³-hybridized carbons (Fsp3) is 0.478. The van der Waals surface area contributed by atoms with Crippen molar-refractivity contribution in [2.24, 2.45) is 5.92 Å². The average Bonchev–Trinajstić information content (AvgIpc) is 2.84. The van der Waals surface area contributed by atoms with Gasteiger partial charge in [0, 0.05) is 24.9 Å². The molecule has 1 amide bonds. The molecule has 0 aromatic heterocycles. The molecule has 0 spiro atoms. The third-order valence-electron chi connectivity index (χ3n) is 5.42. The lowest BCUT2D eigenvalue weighted by atomic mass is 9.85. The molecule has 0 bridgehead atoms. The first kappa shape index (κ1) is 19.7. The molecule has 0 saturated carbocycles. The molecule has 1 radical (unpaired) electrons. The lowest BCUT2D eigenvalue weighted by molar-refractivity contribution is -0.136. The van der Waals surface area contributed by atoms with Crippen LogP contribution < -0.4 is 4.90 Å². The Morgan fingerprint density at radius 3 is 2.70 bits per heavy atom. The quantitative estimate of drug-likeness (QED) is 0.775. The van der Waals surface area contributed by atoms with Crippen LogP contribution >= 0.6 is 0 Å². The summed E-state index contributed by atoms with van der Waals surface area (Å²) in [5, 5.41) is 11.5. The average molecular weight is 368 g/mol. The number of benzene rings is 1.